The minimum absolute atomic E-state index is 0.0568. The molecular weight excluding hydrogens is 310 g/mol. The number of amides is 1. The van der Waals surface area contributed by atoms with Gasteiger partial charge in [-0.05, 0) is 10.4 Å². The van der Waals surface area contributed by atoms with Gasteiger partial charge in [-0.1, -0.05) is 24.4 Å². The van der Waals surface area contributed by atoms with Crippen LogP contribution in [0.15, 0.2) is 29.6 Å². The maximum absolute atomic E-state index is 12.2. The van der Waals surface area contributed by atoms with Crippen molar-refractivity contribution in [3.05, 3.63) is 29.6 Å². The molecule has 1 N–H and O–H groups in total. The van der Waals surface area contributed by atoms with Crippen LogP contribution in [0.3, 0.4) is 0 Å². The molecule has 3 heterocycles. The lowest BCUT2D eigenvalue weighted by atomic mass is 9.98. The van der Waals surface area contributed by atoms with Crippen molar-refractivity contribution in [1.29, 1.82) is 0 Å². The van der Waals surface area contributed by atoms with Gasteiger partial charge in [-0.2, -0.15) is 0 Å². The molecule has 0 aromatic carbocycles. The number of thioether (sulfide) groups is 1. The van der Waals surface area contributed by atoms with Crippen molar-refractivity contribution in [2.45, 2.75) is 11.9 Å². The summed E-state index contributed by atoms with van der Waals surface area (Å²) in [4.78, 5) is 26.3. The van der Waals surface area contributed by atoms with Crippen molar-refractivity contribution in [2.24, 2.45) is 5.92 Å². The smallest absolute Gasteiger partial charge is 0.356 e. The predicted octanol–water partition coefficient (Wildman–Crippen LogP) is -0.863. The van der Waals surface area contributed by atoms with E-state index in [0.29, 0.717) is 4.91 Å². The third-order valence-electron chi connectivity index (χ3n) is 3.34. The molecule has 2 aliphatic rings. The Hall–Kier alpha value is -2.20. The standard InChI is InChI=1S/C12H13N5O4S/c1-2-3-21-12(20)9-8(4-16-6-13-14-15-16)22-11-7(5-18)10(19)17(9)11/h2,6-7,11,18H,1,3-5H2/t7-,11+/m0/s1. The number of aromatic nitrogens is 4. The number of aliphatic hydroxyl groups excluding tert-OH is 1. The van der Waals surface area contributed by atoms with E-state index >= 15 is 0 Å². The molecule has 1 fully saturated rings. The second-order valence-electron chi connectivity index (χ2n) is 4.67. The zero-order chi connectivity index (χ0) is 15.7. The van der Waals surface area contributed by atoms with Crippen molar-refractivity contribution in [3.8, 4) is 0 Å². The highest BCUT2D eigenvalue weighted by atomic mass is 32.2. The Balaban J connectivity index is 1.87. The van der Waals surface area contributed by atoms with E-state index in [2.05, 4.69) is 22.1 Å². The van der Waals surface area contributed by atoms with Crippen molar-refractivity contribution >= 4 is 23.6 Å². The van der Waals surface area contributed by atoms with E-state index < -0.39 is 11.9 Å². The number of rotatable bonds is 6. The highest BCUT2D eigenvalue weighted by Crippen LogP contribution is 2.49. The largest absolute Gasteiger partial charge is 0.457 e. The van der Waals surface area contributed by atoms with Gasteiger partial charge in [-0.15, -0.1) is 5.10 Å². The van der Waals surface area contributed by atoms with Gasteiger partial charge in [-0.3, -0.25) is 9.69 Å². The van der Waals surface area contributed by atoms with E-state index in [1.807, 2.05) is 0 Å². The molecule has 116 valence electrons. The Labute approximate surface area is 129 Å². The van der Waals surface area contributed by atoms with E-state index in [0.717, 1.165) is 0 Å². The molecular formula is C12H13N5O4S. The van der Waals surface area contributed by atoms with Gasteiger partial charge in [0.2, 0.25) is 5.91 Å². The molecule has 1 amide bonds. The molecule has 0 radical (unpaired) electrons. The number of tetrazole rings is 1. The second-order valence-corrected chi connectivity index (χ2v) is 5.88. The number of aliphatic hydroxyl groups is 1. The molecule has 1 saturated heterocycles. The van der Waals surface area contributed by atoms with Crippen LogP contribution in [-0.2, 0) is 20.9 Å². The quantitative estimate of drug-likeness (QED) is 0.409. The lowest BCUT2D eigenvalue weighted by Gasteiger charge is -2.41. The van der Waals surface area contributed by atoms with Gasteiger partial charge in [0.1, 0.15) is 24.0 Å². The SMILES string of the molecule is C=CCOC(=O)C1=C(Cn2cnnn2)S[C@@H]2[C@@H](CO)C(=O)N12. The average Bonchev–Trinajstić information content (AvgIpc) is 3.12. The molecule has 2 aliphatic heterocycles. The van der Waals surface area contributed by atoms with Crippen molar-refractivity contribution in [2.75, 3.05) is 13.2 Å². The lowest BCUT2D eigenvalue weighted by Crippen LogP contribution is -2.58. The fraction of sp³-hybridized carbons (Fsp3) is 0.417. The molecule has 3 rings (SSSR count). The summed E-state index contributed by atoms with van der Waals surface area (Å²) in [6, 6.07) is 0. The fourth-order valence-electron chi connectivity index (χ4n) is 2.33. The molecule has 0 saturated carbocycles. The highest BCUT2D eigenvalue weighted by molar-refractivity contribution is 8.04. The van der Waals surface area contributed by atoms with Crippen molar-refractivity contribution in [1.82, 2.24) is 25.1 Å². The third-order valence-corrected chi connectivity index (χ3v) is 4.73. The van der Waals surface area contributed by atoms with Crippen LogP contribution < -0.4 is 0 Å². The predicted molar refractivity (Wildman–Crippen MR) is 74.8 cm³/mol. The number of ether oxygens (including phenoxy) is 1. The van der Waals surface area contributed by atoms with Crippen LogP contribution in [0.5, 0.6) is 0 Å². The lowest BCUT2D eigenvalue weighted by molar-refractivity contribution is -0.155. The zero-order valence-electron chi connectivity index (χ0n) is 11.5. The first-order chi connectivity index (χ1) is 10.7. The molecule has 0 unspecified atom stereocenters. The number of esters is 1. The molecule has 1 aromatic rings. The Bertz CT molecular complexity index is 644. The van der Waals surface area contributed by atoms with E-state index in [1.54, 1.807) is 0 Å². The van der Waals surface area contributed by atoms with Gasteiger partial charge in [0.15, 0.2) is 0 Å². The number of hydrogen-bond donors (Lipinski definition) is 1. The first-order valence-electron chi connectivity index (χ1n) is 6.50. The molecule has 10 heteroatoms. The summed E-state index contributed by atoms with van der Waals surface area (Å²) in [6.07, 6.45) is 2.87. The van der Waals surface area contributed by atoms with Gasteiger partial charge >= 0.3 is 5.97 Å². The minimum Gasteiger partial charge on any atom is -0.457 e. The Morgan fingerprint density at radius 3 is 3.05 bits per heavy atom. The summed E-state index contributed by atoms with van der Waals surface area (Å²) in [5.74, 6) is -1.38. The zero-order valence-corrected chi connectivity index (χ0v) is 12.3. The molecule has 22 heavy (non-hydrogen) atoms. The maximum atomic E-state index is 12.2. The summed E-state index contributed by atoms with van der Waals surface area (Å²) in [5.41, 5.74) is 0.196. The molecule has 0 spiro atoms. The van der Waals surface area contributed by atoms with Crippen LogP contribution in [0.4, 0.5) is 0 Å². The first kappa shape index (κ1) is 14.7. The normalized spacial score (nSPS) is 23.3. The third kappa shape index (κ3) is 2.29. The fourth-order valence-corrected chi connectivity index (χ4v) is 3.80. The maximum Gasteiger partial charge on any atom is 0.356 e. The van der Waals surface area contributed by atoms with E-state index in [-0.39, 0.29) is 36.7 Å². The Morgan fingerprint density at radius 1 is 1.59 bits per heavy atom. The molecule has 9 nitrogen and oxygen atoms in total. The monoisotopic (exact) mass is 323 g/mol. The van der Waals surface area contributed by atoms with Crippen LogP contribution in [0, 0.1) is 5.92 Å². The highest BCUT2D eigenvalue weighted by Gasteiger charge is 2.55. The van der Waals surface area contributed by atoms with Gasteiger partial charge < -0.3 is 9.84 Å². The summed E-state index contributed by atoms with van der Waals surface area (Å²) in [5, 5.41) is 19.8. The number of nitrogens with zero attached hydrogens (tertiary/aromatic N) is 5. The topological polar surface area (TPSA) is 110 Å². The number of carbonyl (C=O) groups is 2. The number of fused-ring (bicyclic) bond motifs is 1. The van der Waals surface area contributed by atoms with Gasteiger partial charge in [0.25, 0.3) is 0 Å². The number of allylic oxidation sites excluding steroid dienone is 1. The summed E-state index contributed by atoms with van der Waals surface area (Å²) in [7, 11) is 0. The van der Waals surface area contributed by atoms with Crippen LogP contribution in [0.2, 0.25) is 0 Å². The molecule has 0 bridgehead atoms. The van der Waals surface area contributed by atoms with Crippen LogP contribution in [-0.4, -0.2) is 60.7 Å². The van der Waals surface area contributed by atoms with Crippen molar-refractivity contribution < 1.29 is 19.4 Å². The molecule has 2 atom stereocenters. The van der Waals surface area contributed by atoms with Crippen LogP contribution >= 0.6 is 11.8 Å². The molecule has 1 aromatic heterocycles. The number of β-lactam (4-membered cyclic amide) rings is 1. The van der Waals surface area contributed by atoms with Gasteiger partial charge in [0, 0.05) is 4.91 Å². The number of hydrogen-bond acceptors (Lipinski definition) is 8. The van der Waals surface area contributed by atoms with Gasteiger partial charge in [0.05, 0.1) is 19.1 Å². The summed E-state index contributed by atoms with van der Waals surface area (Å²) >= 11 is 1.35. The van der Waals surface area contributed by atoms with Crippen LogP contribution in [0.1, 0.15) is 0 Å². The summed E-state index contributed by atoms with van der Waals surface area (Å²) in [6.45, 7) is 3.55. The van der Waals surface area contributed by atoms with Crippen molar-refractivity contribution in [3.63, 3.8) is 0 Å². The molecule has 0 aliphatic carbocycles. The Kier molecular flexibility index (Phi) is 3.94. The average molecular weight is 323 g/mol. The Morgan fingerprint density at radius 2 is 2.41 bits per heavy atom. The first-order valence-corrected chi connectivity index (χ1v) is 7.38. The van der Waals surface area contributed by atoms with E-state index in [4.69, 9.17) is 4.74 Å². The minimum atomic E-state index is -0.595. The number of carbonyl (C=O) groups excluding carboxylic acids is 2. The summed E-state index contributed by atoms with van der Waals surface area (Å²) < 4.78 is 6.50. The van der Waals surface area contributed by atoms with E-state index in [1.165, 1.54) is 33.7 Å². The van der Waals surface area contributed by atoms with Crippen LogP contribution in [0.25, 0.3) is 0 Å². The van der Waals surface area contributed by atoms with Gasteiger partial charge in [-0.25, -0.2) is 9.48 Å². The second kappa shape index (κ2) is 5.89. The van der Waals surface area contributed by atoms with E-state index in [9.17, 15) is 14.7 Å².